The van der Waals surface area contributed by atoms with Crippen molar-refractivity contribution < 1.29 is 14.1 Å². The van der Waals surface area contributed by atoms with Gasteiger partial charge in [0, 0.05) is 6.42 Å². The zero-order valence-electron chi connectivity index (χ0n) is 15.6. The largest absolute Gasteiger partial charge is 0.337 e. The normalized spacial score (nSPS) is 20.1. The molecule has 0 aliphatic carbocycles. The number of rotatable bonds is 6. The lowest BCUT2D eigenvalue weighted by molar-refractivity contribution is -0.131. The third kappa shape index (κ3) is 3.61. The average molecular weight is 356 g/mol. The molecule has 7 heteroatoms. The van der Waals surface area contributed by atoms with Crippen molar-refractivity contribution in [3.63, 3.8) is 0 Å². The Balaban J connectivity index is 1.70. The van der Waals surface area contributed by atoms with Gasteiger partial charge in [-0.3, -0.25) is 9.69 Å². The van der Waals surface area contributed by atoms with Crippen LogP contribution >= 0.6 is 0 Å². The summed E-state index contributed by atoms with van der Waals surface area (Å²) in [5, 5.41) is 6.76. The van der Waals surface area contributed by atoms with Gasteiger partial charge in [-0.05, 0) is 37.3 Å². The van der Waals surface area contributed by atoms with Crippen LogP contribution in [0.1, 0.15) is 50.0 Å². The van der Waals surface area contributed by atoms with Crippen LogP contribution in [0.4, 0.5) is 4.79 Å². The van der Waals surface area contributed by atoms with Crippen molar-refractivity contribution in [3.05, 3.63) is 47.1 Å². The summed E-state index contributed by atoms with van der Waals surface area (Å²) in [6.45, 7) is 7.80. The number of hydrogen-bond donors (Lipinski definition) is 1. The average Bonchev–Trinajstić information content (AvgIpc) is 3.07. The van der Waals surface area contributed by atoms with Crippen LogP contribution in [0.15, 0.2) is 28.8 Å². The number of nitrogens with zero attached hydrogens (tertiary/aromatic N) is 3. The lowest BCUT2D eigenvalue weighted by atomic mass is 9.91. The number of carbonyl (C=O) groups is 2. The number of aryl methyl sites for hydroxylation is 1. The summed E-state index contributed by atoms with van der Waals surface area (Å²) in [5.74, 6) is 0.820. The second-order valence-corrected chi connectivity index (χ2v) is 7.46. The summed E-state index contributed by atoms with van der Waals surface area (Å²) in [4.78, 5) is 30.4. The molecule has 1 aromatic carbocycles. The van der Waals surface area contributed by atoms with E-state index in [4.69, 9.17) is 4.52 Å². The highest BCUT2D eigenvalue weighted by molar-refractivity contribution is 6.06. The Kier molecular flexibility index (Phi) is 4.80. The maximum atomic E-state index is 12.7. The van der Waals surface area contributed by atoms with Crippen molar-refractivity contribution >= 4 is 11.9 Å². The third-order valence-electron chi connectivity index (χ3n) is 4.57. The van der Waals surface area contributed by atoms with Gasteiger partial charge in [-0.2, -0.15) is 4.98 Å². The molecule has 0 saturated carbocycles. The first-order valence-corrected chi connectivity index (χ1v) is 8.78. The van der Waals surface area contributed by atoms with Crippen LogP contribution in [0.5, 0.6) is 0 Å². The molecule has 1 aromatic heterocycles. The Hall–Kier alpha value is -2.70. The number of aromatic nitrogens is 2. The van der Waals surface area contributed by atoms with Crippen molar-refractivity contribution in [2.45, 2.75) is 52.6 Å². The number of imide groups is 1. The number of urea groups is 1. The van der Waals surface area contributed by atoms with Crippen LogP contribution in [0.2, 0.25) is 0 Å². The molecule has 1 aliphatic heterocycles. The minimum absolute atomic E-state index is 0.0148. The summed E-state index contributed by atoms with van der Waals surface area (Å²) in [5.41, 5.74) is 1.38. The highest BCUT2D eigenvalue weighted by atomic mass is 16.5. The summed E-state index contributed by atoms with van der Waals surface area (Å²) in [6, 6.07) is 7.56. The van der Waals surface area contributed by atoms with Gasteiger partial charge in [0.2, 0.25) is 5.89 Å². The van der Waals surface area contributed by atoms with Crippen molar-refractivity contribution in [1.82, 2.24) is 20.4 Å². The van der Waals surface area contributed by atoms with Crippen LogP contribution in [-0.2, 0) is 17.8 Å². The van der Waals surface area contributed by atoms with E-state index in [1.807, 2.05) is 45.0 Å². The molecule has 1 atom stereocenters. The molecule has 1 saturated heterocycles. The zero-order chi connectivity index (χ0) is 18.9. The maximum Gasteiger partial charge on any atom is 0.325 e. The molecule has 0 bridgehead atoms. The minimum Gasteiger partial charge on any atom is -0.337 e. The Morgan fingerprint density at radius 2 is 2.00 bits per heavy atom. The van der Waals surface area contributed by atoms with Crippen molar-refractivity contribution in [3.8, 4) is 0 Å². The number of carbonyl (C=O) groups excluding carboxylic acids is 2. The fourth-order valence-corrected chi connectivity index (χ4v) is 3.39. The molecule has 3 amide bonds. The van der Waals surface area contributed by atoms with Crippen LogP contribution in [-0.4, -0.2) is 32.5 Å². The van der Waals surface area contributed by atoms with Gasteiger partial charge >= 0.3 is 6.03 Å². The van der Waals surface area contributed by atoms with Crippen molar-refractivity contribution in [1.29, 1.82) is 0 Å². The van der Waals surface area contributed by atoms with Crippen molar-refractivity contribution in [2.75, 3.05) is 0 Å². The maximum absolute atomic E-state index is 12.7. The second kappa shape index (κ2) is 6.90. The highest BCUT2D eigenvalue weighted by Crippen LogP contribution is 2.26. The van der Waals surface area contributed by atoms with Crippen LogP contribution < -0.4 is 5.32 Å². The Bertz CT molecular complexity index is 830. The van der Waals surface area contributed by atoms with Crippen molar-refractivity contribution in [2.24, 2.45) is 5.92 Å². The van der Waals surface area contributed by atoms with E-state index in [-0.39, 0.29) is 24.3 Å². The molecule has 0 unspecified atom stereocenters. The molecule has 1 N–H and O–H groups in total. The predicted octanol–water partition coefficient (Wildman–Crippen LogP) is 2.83. The fourth-order valence-electron chi connectivity index (χ4n) is 3.39. The van der Waals surface area contributed by atoms with E-state index in [9.17, 15) is 9.59 Å². The molecule has 1 aliphatic rings. The number of nitrogens with one attached hydrogen (secondary N) is 1. The molecule has 2 heterocycles. The first kappa shape index (κ1) is 18.1. The molecular weight excluding hydrogens is 332 g/mol. The van der Waals surface area contributed by atoms with E-state index in [2.05, 4.69) is 15.5 Å². The Morgan fingerprint density at radius 1 is 1.27 bits per heavy atom. The fraction of sp³-hybridized carbons (Fsp3) is 0.474. The van der Waals surface area contributed by atoms with E-state index in [0.717, 1.165) is 16.0 Å². The first-order valence-electron chi connectivity index (χ1n) is 8.78. The molecule has 3 rings (SSSR count). The molecule has 2 aromatic rings. The third-order valence-corrected chi connectivity index (χ3v) is 4.57. The van der Waals surface area contributed by atoms with Crippen LogP contribution in [0, 0.1) is 12.8 Å². The summed E-state index contributed by atoms with van der Waals surface area (Å²) >= 11 is 0. The molecule has 7 nitrogen and oxygen atoms in total. The van der Waals surface area contributed by atoms with E-state index in [1.54, 1.807) is 6.92 Å². The summed E-state index contributed by atoms with van der Waals surface area (Å²) in [6.07, 6.45) is 1.12. The lowest BCUT2D eigenvalue weighted by Gasteiger charge is -2.23. The molecular formula is C19H24N4O3. The van der Waals surface area contributed by atoms with Gasteiger partial charge in [0.1, 0.15) is 12.1 Å². The highest BCUT2D eigenvalue weighted by Gasteiger charge is 2.48. The van der Waals surface area contributed by atoms with Gasteiger partial charge in [-0.25, -0.2) is 4.79 Å². The summed E-state index contributed by atoms with van der Waals surface area (Å²) in [7, 11) is 0. The monoisotopic (exact) mass is 356 g/mol. The van der Waals surface area contributed by atoms with Gasteiger partial charge < -0.3 is 9.84 Å². The van der Waals surface area contributed by atoms with E-state index < -0.39 is 11.6 Å². The topological polar surface area (TPSA) is 88.3 Å². The van der Waals surface area contributed by atoms with E-state index in [0.29, 0.717) is 18.7 Å². The van der Waals surface area contributed by atoms with Crippen LogP contribution in [0.25, 0.3) is 0 Å². The molecule has 1 fully saturated rings. The van der Waals surface area contributed by atoms with Gasteiger partial charge in [0.05, 0.1) is 0 Å². The number of benzene rings is 1. The quantitative estimate of drug-likeness (QED) is 0.804. The number of hydrogen-bond acceptors (Lipinski definition) is 5. The lowest BCUT2D eigenvalue weighted by Crippen LogP contribution is -2.44. The van der Waals surface area contributed by atoms with E-state index in [1.165, 1.54) is 0 Å². The zero-order valence-corrected chi connectivity index (χ0v) is 15.6. The van der Waals surface area contributed by atoms with E-state index >= 15 is 0 Å². The smallest absolute Gasteiger partial charge is 0.325 e. The Labute approximate surface area is 152 Å². The van der Waals surface area contributed by atoms with Crippen LogP contribution in [0.3, 0.4) is 0 Å². The van der Waals surface area contributed by atoms with Gasteiger partial charge in [0.25, 0.3) is 5.91 Å². The molecule has 0 spiro atoms. The first-order chi connectivity index (χ1) is 12.3. The minimum atomic E-state index is -0.880. The van der Waals surface area contributed by atoms with Gasteiger partial charge in [0.15, 0.2) is 5.82 Å². The second-order valence-electron chi connectivity index (χ2n) is 7.46. The molecule has 0 radical (unpaired) electrons. The summed E-state index contributed by atoms with van der Waals surface area (Å²) < 4.78 is 5.25. The van der Waals surface area contributed by atoms with Gasteiger partial charge in [-0.1, -0.05) is 43.3 Å². The molecule has 138 valence electrons. The number of amides is 3. The molecule has 26 heavy (non-hydrogen) atoms. The van der Waals surface area contributed by atoms with Gasteiger partial charge in [-0.15, -0.1) is 0 Å². The predicted molar refractivity (Wildman–Crippen MR) is 95.2 cm³/mol. The SMILES string of the molecule is Cc1ccccc1Cc1noc(CN2C(=O)N[C@@](C)(CC(C)C)C2=O)n1. The Morgan fingerprint density at radius 3 is 2.69 bits per heavy atom. The standard InChI is InChI=1S/C19H24N4O3/c1-12(2)10-19(4)17(24)23(18(25)21-19)11-16-20-15(22-26-16)9-14-8-6-5-7-13(14)3/h5-8,12H,9-11H2,1-4H3,(H,21,25)/t19-/m0/s1.